The van der Waals surface area contributed by atoms with Gasteiger partial charge in [-0.2, -0.15) is 0 Å². The van der Waals surface area contributed by atoms with Crippen LogP contribution in [-0.4, -0.2) is 71.0 Å². The van der Waals surface area contributed by atoms with Gasteiger partial charge in [-0.15, -0.1) is 0 Å². The number of para-hydroxylation sites is 2. The van der Waals surface area contributed by atoms with Crippen molar-refractivity contribution in [3.05, 3.63) is 30.5 Å². The summed E-state index contributed by atoms with van der Waals surface area (Å²) in [4.78, 5) is 28.6. The molecule has 1 spiro atoms. The molecule has 0 unspecified atom stereocenters. The van der Waals surface area contributed by atoms with Gasteiger partial charge in [0.25, 0.3) is 0 Å². The van der Waals surface area contributed by atoms with Gasteiger partial charge in [0, 0.05) is 44.7 Å². The predicted octanol–water partition coefficient (Wildman–Crippen LogP) is 2.15. The van der Waals surface area contributed by atoms with Crippen molar-refractivity contribution in [3.63, 3.8) is 0 Å². The van der Waals surface area contributed by atoms with Crippen molar-refractivity contribution in [1.29, 1.82) is 0 Å². The Hall–Kier alpha value is -2.21. The standard InChI is InChI=1S/C20H27N5O/c1-3-24-11-10-20(9-8-19(24)26)15-25(13-12-23(20)2)18-14-21-16-6-4-5-7-17(16)22-18/h4-7,14H,3,8-13,15H2,1-2H3/t20-/m0/s1. The van der Waals surface area contributed by atoms with Crippen LogP contribution in [0.5, 0.6) is 0 Å². The predicted molar refractivity (Wildman–Crippen MR) is 103 cm³/mol. The minimum atomic E-state index is 0.0329. The van der Waals surface area contributed by atoms with Crippen LogP contribution in [0.15, 0.2) is 30.5 Å². The average Bonchev–Trinajstić information content (AvgIpc) is 2.83. The van der Waals surface area contributed by atoms with E-state index in [9.17, 15) is 4.79 Å². The maximum atomic E-state index is 12.3. The molecule has 1 aromatic heterocycles. The lowest BCUT2D eigenvalue weighted by atomic mass is 9.86. The topological polar surface area (TPSA) is 52.6 Å². The molecule has 138 valence electrons. The monoisotopic (exact) mass is 353 g/mol. The number of amides is 1. The van der Waals surface area contributed by atoms with Crippen LogP contribution in [0.4, 0.5) is 5.82 Å². The summed E-state index contributed by atoms with van der Waals surface area (Å²) in [6, 6.07) is 8.00. The molecule has 2 aliphatic heterocycles. The van der Waals surface area contributed by atoms with Crippen LogP contribution in [0, 0.1) is 0 Å². The van der Waals surface area contributed by atoms with E-state index in [1.54, 1.807) is 0 Å². The molecule has 3 heterocycles. The van der Waals surface area contributed by atoms with Crippen LogP contribution in [0.2, 0.25) is 0 Å². The second-order valence-electron chi connectivity index (χ2n) is 7.51. The van der Waals surface area contributed by atoms with Gasteiger partial charge in [-0.05, 0) is 38.9 Å². The Labute approximate surface area is 154 Å². The van der Waals surface area contributed by atoms with Crippen molar-refractivity contribution in [2.24, 2.45) is 0 Å². The molecule has 2 saturated heterocycles. The van der Waals surface area contributed by atoms with E-state index < -0.39 is 0 Å². The maximum absolute atomic E-state index is 12.3. The summed E-state index contributed by atoms with van der Waals surface area (Å²) in [6.07, 6.45) is 4.45. The minimum Gasteiger partial charge on any atom is -0.352 e. The lowest BCUT2D eigenvalue weighted by molar-refractivity contribution is -0.130. The Balaban J connectivity index is 1.60. The quantitative estimate of drug-likeness (QED) is 0.828. The van der Waals surface area contributed by atoms with Gasteiger partial charge in [0.15, 0.2) is 0 Å². The Morgan fingerprint density at radius 1 is 1.12 bits per heavy atom. The van der Waals surface area contributed by atoms with E-state index in [1.165, 1.54) is 0 Å². The molecule has 0 radical (unpaired) electrons. The van der Waals surface area contributed by atoms with Gasteiger partial charge in [0.1, 0.15) is 5.82 Å². The third kappa shape index (κ3) is 3.03. The molecule has 0 saturated carbocycles. The number of likely N-dealkylation sites (N-methyl/N-ethyl adjacent to an activating group) is 1. The van der Waals surface area contributed by atoms with Crippen LogP contribution in [-0.2, 0) is 4.79 Å². The number of carbonyl (C=O) groups excluding carboxylic acids is 1. The van der Waals surface area contributed by atoms with E-state index in [4.69, 9.17) is 4.98 Å². The maximum Gasteiger partial charge on any atom is 0.222 e. The van der Waals surface area contributed by atoms with E-state index in [-0.39, 0.29) is 5.54 Å². The van der Waals surface area contributed by atoms with Crippen LogP contribution >= 0.6 is 0 Å². The zero-order chi connectivity index (χ0) is 18.1. The number of benzene rings is 1. The van der Waals surface area contributed by atoms with E-state index >= 15 is 0 Å². The molecule has 1 aromatic carbocycles. The van der Waals surface area contributed by atoms with Crippen molar-refractivity contribution in [2.75, 3.05) is 44.7 Å². The lowest BCUT2D eigenvalue weighted by Gasteiger charge is -2.49. The van der Waals surface area contributed by atoms with Crippen LogP contribution in [0.25, 0.3) is 11.0 Å². The Morgan fingerprint density at radius 3 is 2.73 bits per heavy atom. The molecule has 4 rings (SSSR count). The number of rotatable bonds is 2. The normalized spacial score (nSPS) is 25.1. The molecule has 2 aromatic rings. The molecular formula is C20H27N5O. The van der Waals surface area contributed by atoms with Gasteiger partial charge < -0.3 is 9.80 Å². The first-order valence-corrected chi connectivity index (χ1v) is 9.57. The van der Waals surface area contributed by atoms with Gasteiger partial charge >= 0.3 is 0 Å². The number of piperazine rings is 1. The fourth-order valence-corrected chi connectivity index (χ4v) is 4.32. The molecule has 6 heteroatoms. The molecule has 0 bridgehead atoms. The third-order valence-electron chi connectivity index (χ3n) is 6.15. The largest absolute Gasteiger partial charge is 0.352 e. The number of hydrogen-bond donors (Lipinski definition) is 0. The SMILES string of the molecule is CCN1CC[C@@]2(CCC1=O)CN(c1cnc3ccccc3n1)CCN2C. The van der Waals surface area contributed by atoms with Crippen molar-refractivity contribution in [3.8, 4) is 0 Å². The summed E-state index contributed by atoms with van der Waals surface area (Å²) in [5.74, 6) is 1.24. The number of hydrogen-bond acceptors (Lipinski definition) is 5. The van der Waals surface area contributed by atoms with E-state index in [1.807, 2.05) is 35.4 Å². The van der Waals surface area contributed by atoms with Gasteiger partial charge in [-0.3, -0.25) is 14.7 Å². The lowest BCUT2D eigenvalue weighted by Crippen LogP contribution is -2.61. The van der Waals surface area contributed by atoms with Gasteiger partial charge in [0.2, 0.25) is 5.91 Å². The summed E-state index contributed by atoms with van der Waals surface area (Å²) in [6.45, 7) is 6.54. The highest BCUT2D eigenvalue weighted by atomic mass is 16.2. The number of carbonyl (C=O) groups is 1. The fourth-order valence-electron chi connectivity index (χ4n) is 4.32. The molecule has 6 nitrogen and oxygen atoms in total. The Morgan fingerprint density at radius 2 is 1.92 bits per heavy atom. The smallest absolute Gasteiger partial charge is 0.222 e. The zero-order valence-corrected chi connectivity index (χ0v) is 15.7. The minimum absolute atomic E-state index is 0.0329. The van der Waals surface area contributed by atoms with Crippen molar-refractivity contribution >= 4 is 22.8 Å². The van der Waals surface area contributed by atoms with E-state index in [2.05, 4.69) is 28.8 Å². The molecule has 0 N–H and O–H groups in total. The van der Waals surface area contributed by atoms with Crippen LogP contribution in [0.1, 0.15) is 26.2 Å². The Kier molecular flexibility index (Phi) is 4.53. The highest BCUT2D eigenvalue weighted by Crippen LogP contribution is 2.33. The second kappa shape index (κ2) is 6.83. The van der Waals surface area contributed by atoms with Crippen LogP contribution < -0.4 is 4.90 Å². The second-order valence-corrected chi connectivity index (χ2v) is 7.51. The van der Waals surface area contributed by atoms with Crippen LogP contribution in [0.3, 0.4) is 0 Å². The molecular weight excluding hydrogens is 326 g/mol. The number of anilines is 1. The molecule has 1 amide bonds. The fraction of sp³-hybridized carbons (Fsp3) is 0.550. The first-order valence-electron chi connectivity index (χ1n) is 9.57. The number of fused-ring (bicyclic) bond motifs is 1. The summed E-state index contributed by atoms with van der Waals surface area (Å²) in [7, 11) is 2.20. The Bertz CT molecular complexity index is 810. The highest BCUT2D eigenvalue weighted by molar-refractivity contribution is 5.77. The first-order chi connectivity index (χ1) is 12.6. The summed E-state index contributed by atoms with van der Waals surface area (Å²) < 4.78 is 0. The first kappa shape index (κ1) is 17.2. The molecule has 26 heavy (non-hydrogen) atoms. The van der Waals surface area contributed by atoms with E-state index in [0.29, 0.717) is 12.3 Å². The number of nitrogens with zero attached hydrogens (tertiary/aromatic N) is 5. The van der Waals surface area contributed by atoms with E-state index in [0.717, 1.165) is 62.4 Å². The summed E-state index contributed by atoms with van der Waals surface area (Å²) in [5.41, 5.74) is 1.90. The van der Waals surface area contributed by atoms with Gasteiger partial charge in [-0.1, -0.05) is 12.1 Å². The average molecular weight is 353 g/mol. The zero-order valence-electron chi connectivity index (χ0n) is 15.7. The summed E-state index contributed by atoms with van der Waals surface area (Å²) in [5, 5.41) is 0. The van der Waals surface area contributed by atoms with Gasteiger partial charge in [0.05, 0.1) is 17.2 Å². The van der Waals surface area contributed by atoms with Crippen molar-refractivity contribution < 1.29 is 4.79 Å². The van der Waals surface area contributed by atoms with Gasteiger partial charge in [-0.25, -0.2) is 4.98 Å². The van der Waals surface area contributed by atoms with Crippen molar-refractivity contribution in [1.82, 2.24) is 19.8 Å². The number of likely N-dealkylation sites (tertiary alicyclic amines) is 1. The van der Waals surface area contributed by atoms with Crippen molar-refractivity contribution in [2.45, 2.75) is 31.7 Å². The molecule has 2 aliphatic rings. The number of aromatic nitrogens is 2. The molecule has 0 aliphatic carbocycles. The molecule has 2 fully saturated rings. The summed E-state index contributed by atoms with van der Waals surface area (Å²) >= 11 is 0. The third-order valence-corrected chi connectivity index (χ3v) is 6.15. The highest BCUT2D eigenvalue weighted by Gasteiger charge is 2.42. The molecule has 1 atom stereocenters.